The van der Waals surface area contributed by atoms with E-state index in [-0.39, 0.29) is 32.4 Å². The Balaban J connectivity index is 0.0000137. The highest BCUT2D eigenvalue weighted by Gasteiger charge is 2.41. The molecule has 0 heterocycles. The van der Waals surface area contributed by atoms with Crippen molar-refractivity contribution >= 4 is 22.1 Å². The molecule has 0 saturated carbocycles. The number of ether oxygens (including phenoxy) is 3. The van der Waals surface area contributed by atoms with Crippen LogP contribution in [0.2, 0.25) is 6.04 Å². The number of phenolic OH excluding ortho intramolecular Hbond substituents is 1. The maximum absolute atomic E-state index is 10.4. The molecule has 224 valence electrons. The Morgan fingerprint density at radius 1 is 0.737 bits per heavy atom. The van der Waals surface area contributed by atoms with E-state index in [1.807, 2.05) is 12.1 Å². The van der Waals surface area contributed by atoms with Gasteiger partial charge in [-0.1, -0.05) is 78.2 Å². The smallest absolute Gasteiger partial charge is 0.161 e. The van der Waals surface area contributed by atoms with E-state index >= 15 is 0 Å². The summed E-state index contributed by atoms with van der Waals surface area (Å²) in [4.78, 5) is 0. The van der Waals surface area contributed by atoms with Crippen molar-refractivity contribution < 1.29 is 36.3 Å². The van der Waals surface area contributed by atoms with E-state index in [1.165, 1.54) is 100 Å². The SMILES string of the molecule is CCCC[P+](CCCC)(CCCC)c1cc(O)ccc1OCCCCCCCC[SiH2]C(OCC)OCC.[Br-]. The monoisotopic (exact) mass is 634 g/mol. The van der Waals surface area contributed by atoms with E-state index in [4.69, 9.17) is 14.2 Å². The van der Waals surface area contributed by atoms with Gasteiger partial charge in [0.1, 0.15) is 17.0 Å². The van der Waals surface area contributed by atoms with E-state index in [1.54, 1.807) is 0 Å². The average molecular weight is 636 g/mol. The van der Waals surface area contributed by atoms with Crippen molar-refractivity contribution in [3.63, 3.8) is 0 Å². The zero-order valence-corrected chi connectivity index (χ0v) is 29.3. The van der Waals surface area contributed by atoms with Crippen LogP contribution in [0.25, 0.3) is 0 Å². The summed E-state index contributed by atoms with van der Waals surface area (Å²) < 4.78 is 17.8. The van der Waals surface area contributed by atoms with Crippen molar-refractivity contribution in [2.45, 2.75) is 124 Å². The molecule has 1 N–H and O–H groups in total. The van der Waals surface area contributed by atoms with Crippen LogP contribution >= 0.6 is 7.26 Å². The second-order valence-corrected chi connectivity index (χ2v) is 16.5. The highest BCUT2D eigenvalue weighted by Crippen LogP contribution is 2.61. The number of aromatic hydroxyl groups is 1. The lowest BCUT2D eigenvalue weighted by Gasteiger charge is -2.29. The number of unbranched alkanes of at least 4 members (excludes halogenated alkanes) is 8. The van der Waals surface area contributed by atoms with Gasteiger partial charge in [0.15, 0.2) is 5.75 Å². The van der Waals surface area contributed by atoms with Gasteiger partial charge < -0.3 is 36.3 Å². The number of halogens is 1. The fraction of sp³-hybridized carbons (Fsp3) is 0.806. The molecule has 0 spiro atoms. The topological polar surface area (TPSA) is 47.9 Å². The molecule has 4 nitrogen and oxygen atoms in total. The first kappa shape index (κ1) is 37.9. The fourth-order valence-electron chi connectivity index (χ4n) is 5.14. The molecule has 0 fully saturated rings. The summed E-state index contributed by atoms with van der Waals surface area (Å²) in [6.45, 7) is 13.3. The number of phenols is 1. The standard InChI is InChI=1S/C31H59O4PSi.BrH/c1-6-11-23-36(24-12-7-2,25-13-8-3)30-27-28(32)20-21-29(30)35-22-18-16-14-15-17-19-26-37-31(33-9-4)34-10-5;/h20-21,27,31H,6-19,22-26,37H2,1-5H3;1H. The second kappa shape index (κ2) is 24.6. The van der Waals surface area contributed by atoms with Crippen molar-refractivity contribution in [2.75, 3.05) is 38.3 Å². The van der Waals surface area contributed by atoms with Gasteiger partial charge in [-0.05, 0) is 51.7 Å². The summed E-state index contributed by atoms with van der Waals surface area (Å²) in [5, 5.41) is 11.8. The van der Waals surface area contributed by atoms with Gasteiger partial charge in [-0.2, -0.15) is 0 Å². The molecule has 1 aromatic carbocycles. The highest BCUT2D eigenvalue weighted by molar-refractivity contribution is 7.83. The zero-order valence-electron chi connectivity index (χ0n) is 25.4. The van der Waals surface area contributed by atoms with Gasteiger partial charge in [0.2, 0.25) is 0 Å². The zero-order chi connectivity index (χ0) is 27.2. The molecule has 0 aromatic heterocycles. The first-order chi connectivity index (χ1) is 18.1. The van der Waals surface area contributed by atoms with Crippen LogP contribution in [0.3, 0.4) is 0 Å². The lowest BCUT2D eigenvalue weighted by molar-refractivity contribution is -0.0827. The summed E-state index contributed by atoms with van der Waals surface area (Å²) in [6, 6.07) is 7.24. The van der Waals surface area contributed by atoms with Crippen molar-refractivity contribution in [2.24, 2.45) is 0 Å². The number of benzene rings is 1. The molecule has 38 heavy (non-hydrogen) atoms. The van der Waals surface area contributed by atoms with Crippen molar-refractivity contribution in [3.8, 4) is 11.5 Å². The molecule has 7 heteroatoms. The minimum atomic E-state index is -1.36. The maximum Gasteiger partial charge on any atom is 0.161 e. The first-order valence-electron chi connectivity index (χ1n) is 15.6. The van der Waals surface area contributed by atoms with Crippen molar-refractivity contribution in [3.05, 3.63) is 18.2 Å². The Kier molecular flexibility index (Phi) is 24.6. The largest absolute Gasteiger partial charge is 1.00 e. The van der Waals surface area contributed by atoms with E-state index in [0.717, 1.165) is 32.0 Å². The normalized spacial score (nSPS) is 11.9. The molecule has 0 radical (unpaired) electrons. The molecule has 0 unspecified atom stereocenters. The van der Waals surface area contributed by atoms with Gasteiger partial charge in [-0.3, -0.25) is 0 Å². The third-order valence-corrected chi connectivity index (χ3v) is 14.1. The molecule has 0 amide bonds. The van der Waals surface area contributed by atoms with Crippen LogP contribution in [-0.2, 0) is 9.47 Å². The summed E-state index contributed by atoms with van der Waals surface area (Å²) in [6.07, 6.45) is 19.0. The third kappa shape index (κ3) is 15.6. The molecule has 0 saturated heterocycles. The molecule has 1 aromatic rings. The Hall–Kier alpha value is -0.133. The van der Waals surface area contributed by atoms with Gasteiger partial charge in [0.25, 0.3) is 0 Å². The van der Waals surface area contributed by atoms with Crippen LogP contribution in [0.1, 0.15) is 112 Å². The fourth-order valence-corrected chi connectivity index (χ4v) is 12.1. The van der Waals surface area contributed by atoms with Crippen LogP contribution < -0.4 is 27.0 Å². The molecule has 0 aliphatic rings. The van der Waals surface area contributed by atoms with Gasteiger partial charge >= 0.3 is 0 Å². The predicted octanol–water partition coefficient (Wildman–Crippen LogP) is 5.10. The van der Waals surface area contributed by atoms with E-state index in [9.17, 15) is 5.11 Å². The third-order valence-electron chi connectivity index (χ3n) is 7.32. The number of rotatable bonds is 25. The highest BCUT2D eigenvalue weighted by atomic mass is 79.9. The summed E-state index contributed by atoms with van der Waals surface area (Å²) in [5.41, 5.74) is 0. The van der Waals surface area contributed by atoms with Gasteiger partial charge in [0, 0.05) is 19.3 Å². The van der Waals surface area contributed by atoms with Crippen LogP contribution in [0.4, 0.5) is 0 Å². The second-order valence-electron chi connectivity index (χ2n) is 10.5. The van der Waals surface area contributed by atoms with E-state index < -0.39 is 7.26 Å². The van der Waals surface area contributed by atoms with Crippen LogP contribution in [-0.4, -0.2) is 58.8 Å². The predicted molar refractivity (Wildman–Crippen MR) is 168 cm³/mol. The maximum atomic E-state index is 10.4. The number of hydrogen-bond donors (Lipinski definition) is 1. The molecule has 0 atom stereocenters. The minimum Gasteiger partial charge on any atom is -1.00 e. The Labute approximate surface area is 249 Å². The molecule has 0 aliphatic heterocycles. The lowest BCUT2D eigenvalue weighted by atomic mass is 10.1. The Bertz CT molecular complexity index is 652. The van der Waals surface area contributed by atoms with Gasteiger partial charge in [-0.25, -0.2) is 0 Å². The van der Waals surface area contributed by atoms with Crippen molar-refractivity contribution in [1.29, 1.82) is 0 Å². The summed E-state index contributed by atoms with van der Waals surface area (Å²) in [5.74, 6) is 1.56. The van der Waals surface area contributed by atoms with Gasteiger partial charge in [-0.15, -0.1) is 0 Å². The first-order valence-corrected chi connectivity index (χ1v) is 19.8. The summed E-state index contributed by atoms with van der Waals surface area (Å²) >= 11 is 0. The van der Waals surface area contributed by atoms with Gasteiger partial charge in [0.05, 0.1) is 41.9 Å². The lowest BCUT2D eigenvalue weighted by Crippen LogP contribution is -3.00. The van der Waals surface area contributed by atoms with Crippen LogP contribution in [0, 0.1) is 0 Å². The molecule has 0 bridgehead atoms. The van der Waals surface area contributed by atoms with Crippen LogP contribution in [0.15, 0.2) is 18.2 Å². The number of hydrogen-bond acceptors (Lipinski definition) is 4. The van der Waals surface area contributed by atoms with E-state index in [2.05, 4.69) is 40.7 Å². The Morgan fingerprint density at radius 3 is 1.79 bits per heavy atom. The molecule has 1 rings (SSSR count). The Morgan fingerprint density at radius 2 is 1.26 bits per heavy atom. The molecular weight excluding hydrogens is 575 g/mol. The van der Waals surface area contributed by atoms with Crippen molar-refractivity contribution in [1.82, 2.24) is 0 Å². The molecular formula is C31H60BrO4PSi. The van der Waals surface area contributed by atoms with Crippen LogP contribution in [0.5, 0.6) is 11.5 Å². The molecule has 0 aliphatic carbocycles. The summed E-state index contributed by atoms with van der Waals surface area (Å²) in [7, 11) is -1.65. The quantitative estimate of drug-likeness (QED) is 0.0703. The van der Waals surface area contributed by atoms with E-state index in [0.29, 0.717) is 5.75 Å². The minimum absolute atomic E-state index is 0. The average Bonchev–Trinajstić information content (AvgIpc) is 2.90.